The molecular formula is C25H30N2O5. The van der Waals surface area contributed by atoms with E-state index in [-0.39, 0.29) is 37.4 Å². The van der Waals surface area contributed by atoms with Crippen LogP contribution in [0.4, 0.5) is 4.79 Å². The van der Waals surface area contributed by atoms with E-state index in [1.54, 1.807) is 20.8 Å². The third-order valence-corrected chi connectivity index (χ3v) is 5.92. The Morgan fingerprint density at radius 3 is 2.12 bits per heavy atom. The van der Waals surface area contributed by atoms with Crippen LogP contribution < -0.4 is 10.6 Å². The minimum Gasteiger partial charge on any atom is -0.481 e. The molecule has 1 unspecified atom stereocenters. The molecule has 7 heteroatoms. The molecule has 1 aliphatic rings. The van der Waals surface area contributed by atoms with Gasteiger partial charge in [-0.1, -0.05) is 55.5 Å². The van der Waals surface area contributed by atoms with Gasteiger partial charge in [-0.15, -0.1) is 0 Å². The van der Waals surface area contributed by atoms with Gasteiger partial charge in [0.05, 0.1) is 5.41 Å². The van der Waals surface area contributed by atoms with E-state index in [0.29, 0.717) is 6.42 Å². The Balaban J connectivity index is 1.44. The Bertz CT molecular complexity index is 956. The van der Waals surface area contributed by atoms with Crippen molar-refractivity contribution < 1.29 is 24.2 Å². The lowest BCUT2D eigenvalue weighted by atomic mass is 9.93. The highest BCUT2D eigenvalue weighted by Gasteiger charge is 2.29. The van der Waals surface area contributed by atoms with Gasteiger partial charge in [0.2, 0.25) is 5.91 Å². The third-order valence-electron chi connectivity index (χ3n) is 5.92. The molecule has 3 rings (SSSR count). The van der Waals surface area contributed by atoms with Crippen LogP contribution in [0.3, 0.4) is 0 Å². The van der Waals surface area contributed by atoms with E-state index in [4.69, 9.17) is 9.84 Å². The zero-order valence-corrected chi connectivity index (χ0v) is 18.7. The van der Waals surface area contributed by atoms with Gasteiger partial charge in [0.15, 0.2) is 0 Å². The van der Waals surface area contributed by atoms with E-state index in [1.165, 1.54) is 11.1 Å². The van der Waals surface area contributed by atoms with Crippen LogP contribution >= 0.6 is 0 Å². The van der Waals surface area contributed by atoms with Crippen molar-refractivity contribution in [3.05, 3.63) is 59.7 Å². The molecule has 7 nitrogen and oxygen atoms in total. The number of carbonyl (C=O) groups is 3. The van der Waals surface area contributed by atoms with Crippen molar-refractivity contribution in [3.8, 4) is 11.1 Å². The van der Waals surface area contributed by atoms with Crippen molar-refractivity contribution in [1.29, 1.82) is 0 Å². The van der Waals surface area contributed by atoms with Crippen LogP contribution in [-0.4, -0.2) is 42.8 Å². The average Bonchev–Trinajstić information content (AvgIpc) is 3.09. The van der Waals surface area contributed by atoms with E-state index in [9.17, 15) is 14.4 Å². The van der Waals surface area contributed by atoms with Crippen LogP contribution in [-0.2, 0) is 14.3 Å². The molecule has 2 aromatic rings. The molecule has 170 valence electrons. The van der Waals surface area contributed by atoms with Gasteiger partial charge in [-0.05, 0) is 42.5 Å². The summed E-state index contributed by atoms with van der Waals surface area (Å²) in [6.07, 6.45) is -0.102. The number of amides is 2. The van der Waals surface area contributed by atoms with Crippen LogP contribution in [0.5, 0.6) is 0 Å². The molecule has 0 radical (unpaired) electrons. The number of fused-ring (bicyclic) bond motifs is 3. The largest absolute Gasteiger partial charge is 0.481 e. The van der Waals surface area contributed by atoms with Crippen LogP contribution in [0, 0.1) is 11.3 Å². The van der Waals surface area contributed by atoms with Crippen molar-refractivity contribution in [1.82, 2.24) is 10.6 Å². The Labute approximate surface area is 188 Å². The van der Waals surface area contributed by atoms with Gasteiger partial charge in [0.25, 0.3) is 0 Å². The third kappa shape index (κ3) is 5.28. The van der Waals surface area contributed by atoms with E-state index >= 15 is 0 Å². The van der Waals surface area contributed by atoms with Crippen molar-refractivity contribution in [2.24, 2.45) is 11.3 Å². The number of carbonyl (C=O) groups excluding carboxylic acids is 2. The first-order valence-electron chi connectivity index (χ1n) is 10.8. The van der Waals surface area contributed by atoms with Gasteiger partial charge in [-0.2, -0.15) is 0 Å². The number of hydrogen-bond donors (Lipinski definition) is 3. The minimum absolute atomic E-state index is 0.00422. The Kier molecular flexibility index (Phi) is 7.18. The van der Waals surface area contributed by atoms with Crippen LogP contribution in [0.1, 0.15) is 44.2 Å². The van der Waals surface area contributed by atoms with Gasteiger partial charge in [0.1, 0.15) is 6.61 Å². The Hall–Kier alpha value is -3.35. The maximum Gasteiger partial charge on any atom is 0.407 e. The summed E-state index contributed by atoms with van der Waals surface area (Å²) in [5, 5.41) is 14.5. The molecule has 1 aliphatic carbocycles. The molecule has 0 spiro atoms. The molecule has 2 amide bonds. The Morgan fingerprint density at radius 2 is 1.56 bits per heavy atom. The summed E-state index contributed by atoms with van der Waals surface area (Å²) >= 11 is 0. The van der Waals surface area contributed by atoms with Gasteiger partial charge in [-0.25, -0.2) is 4.79 Å². The van der Waals surface area contributed by atoms with Crippen molar-refractivity contribution in [2.45, 2.75) is 33.1 Å². The molecule has 0 saturated carbocycles. The van der Waals surface area contributed by atoms with Gasteiger partial charge >= 0.3 is 12.1 Å². The first-order valence-corrected chi connectivity index (χ1v) is 10.8. The van der Waals surface area contributed by atoms with Gasteiger partial charge < -0.3 is 20.5 Å². The number of nitrogens with one attached hydrogen (secondary N) is 2. The highest BCUT2D eigenvalue weighted by molar-refractivity contribution is 5.80. The smallest absolute Gasteiger partial charge is 0.407 e. The first kappa shape index (κ1) is 23.3. The second kappa shape index (κ2) is 9.85. The second-order valence-electron chi connectivity index (χ2n) is 8.85. The topological polar surface area (TPSA) is 105 Å². The fraction of sp³-hybridized carbons (Fsp3) is 0.400. The molecule has 3 N–H and O–H groups in total. The lowest BCUT2D eigenvalue weighted by molar-refractivity contribution is -0.146. The molecule has 0 aliphatic heterocycles. The number of aliphatic carboxylic acids is 1. The fourth-order valence-corrected chi connectivity index (χ4v) is 3.73. The number of benzene rings is 2. The Morgan fingerprint density at radius 1 is 1.00 bits per heavy atom. The number of carboxylic acids is 1. The van der Waals surface area contributed by atoms with E-state index in [0.717, 1.165) is 11.1 Å². The molecule has 32 heavy (non-hydrogen) atoms. The lowest BCUT2D eigenvalue weighted by Gasteiger charge is -2.21. The molecule has 0 heterocycles. The predicted octanol–water partition coefficient (Wildman–Crippen LogP) is 3.78. The number of ether oxygens (including phenoxy) is 1. The van der Waals surface area contributed by atoms with Gasteiger partial charge in [-0.3, -0.25) is 9.59 Å². The fourth-order valence-electron chi connectivity index (χ4n) is 3.73. The minimum atomic E-state index is -1.03. The zero-order chi connectivity index (χ0) is 23.3. The molecule has 2 aromatic carbocycles. The second-order valence-corrected chi connectivity index (χ2v) is 8.85. The quantitative estimate of drug-likeness (QED) is 0.553. The summed E-state index contributed by atoms with van der Waals surface area (Å²) in [6, 6.07) is 16.3. The standard InChI is InChI=1S/C25H30N2O5/c1-16(22(28)27-15-25(2,3)23(29)30)12-13-26-24(31)32-14-21-19-10-6-4-8-17(19)18-9-5-7-11-20(18)21/h4-11,16,21H,12-15H2,1-3H3,(H,26,31)(H,27,28)(H,29,30). The number of alkyl carbamates (subject to hydrolysis) is 1. The lowest BCUT2D eigenvalue weighted by Crippen LogP contribution is -2.41. The summed E-state index contributed by atoms with van der Waals surface area (Å²) in [4.78, 5) is 35.5. The zero-order valence-electron chi connectivity index (χ0n) is 18.7. The molecule has 0 bridgehead atoms. The monoisotopic (exact) mass is 438 g/mol. The highest BCUT2D eigenvalue weighted by Crippen LogP contribution is 2.44. The number of rotatable bonds is 9. The van der Waals surface area contributed by atoms with E-state index in [2.05, 4.69) is 34.9 Å². The van der Waals surface area contributed by atoms with Gasteiger partial charge in [0, 0.05) is 24.9 Å². The predicted molar refractivity (Wildman–Crippen MR) is 121 cm³/mol. The summed E-state index contributed by atoms with van der Waals surface area (Å²) in [7, 11) is 0. The molecular weight excluding hydrogens is 408 g/mol. The molecule has 1 atom stereocenters. The van der Waals surface area contributed by atoms with Crippen LogP contribution in [0.2, 0.25) is 0 Å². The van der Waals surface area contributed by atoms with E-state index in [1.807, 2.05) is 24.3 Å². The summed E-state index contributed by atoms with van der Waals surface area (Å²) < 4.78 is 5.48. The maximum atomic E-state index is 12.2. The van der Waals surface area contributed by atoms with Crippen molar-refractivity contribution in [2.75, 3.05) is 19.7 Å². The molecule has 0 fully saturated rings. The summed E-state index contributed by atoms with van der Waals surface area (Å²) in [6.45, 7) is 5.42. The van der Waals surface area contributed by atoms with Crippen LogP contribution in [0.25, 0.3) is 11.1 Å². The molecule has 0 saturated heterocycles. The average molecular weight is 439 g/mol. The summed E-state index contributed by atoms with van der Waals surface area (Å²) in [5.41, 5.74) is 3.60. The van der Waals surface area contributed by atoms with Crippen LogP contribution in [0.15, 0.2) is 48.5 Å². The normalized spacial score (nSPS) is 13.6. The number of hydrogen-bond acceptors (Lipinski definition) is 4. The molecule has 0 aromatic heterocycles. The number of carboxylic acid groups (broad SMARTS) is 1. The van der Waals surface area contributed by atoms with Crippen molar-refractivity contribution >= 4 is 18.0 Å². The van der Waals surface area contributed by atoms with Crippen molar-refractivity contribution in [3.63, 3.8) is 0 Å². The highest BCUT2D eigenvalue weighted by atomic mass is 16.5. The SMILES string of the molecule is CC(CCNC(=O)OCC1c2ccccc2-c2ccccc21)C(=O)NCC(C)(C)C(=O)O. The van der Waals surface area contributed by atoms with E-state index < -0.39 is 17.5 Å². The first-order chi connectivity index (χ1) is 15.2. The maximum absolute atomic E-state index is 12.2. The summed E-state index contributed by atoms with van der Waals surface area (Å²) in [5.74, 6) is -1.58.